The van der Waals surface area contributed by atoms with Crippen LogP contribution >= 0.6 is 0 Å². The van der Waals surface area contributed by atoms with Gasteiger partial charge in [0.25, 0.3) is 10.0 Å². The fourth-order valence-corrected chi connectivity index (χ4v) is 2.58. The molecule has 0 aliphatic heterocycles. The molecule has 2 aromatic rings. The van der Waals surface area contributed by atoms with Crippen molar-refractivity contribution in [2.45, 2.75) is 18.4 Å². The molecule has 0 aliphatic rings. The summed E-state index contributed by atoms with van der Waals surface area (Å²) in [4.78, 5) is 13.6. The van der Waals surface area contributed by atoms with E-state index in [1.165, 1.54) is 12.1 Å². The number of hydrogen-bond donors (Lipinski definition) is 4. The number of rotatable bonds is 6. The molecule has 0 saturated heterocycles. The van der Waals surface area contributed by atoms with Crippen LogP contribution in [0.25, 0.3) is 0 Å². The molecule has 0 radical (unpaired) electrons. The Morgan fingerprint density at radius 1 is 0.957 bits per heavy atom. The first kappa shape index (κ1) is 16.9. The molecule has 0 saturated carbocycles. The van der Waals surface area contributed by atoms with Gasteiger partial charge in [-0.25, -0.2) is 18.6 Å². The van der Waals surface area contributed by atoms with Crippen LogP contribution in [-0.2, 0) is 16.6 Å². The third-order valence-corrected chi connectivity index (χ3v) is 4.23. The molecule has 2 aromatic carbocycles. The Labute approximate surface area is 135 Å². The van der Waals surface area contributed by atoms with Crippen molar-refractivity contribution in [3.8, 4) is 0 Å². The topological polar surface area (TPSA) is 99.3 Å². The Morgan fingerprint density at radius 2 is 1.61 bits per heavy atom. The summed E-state index contributed by atoms with van der Waals surface area (Å²) >= 11 is 0. The highest BCUT2D eigenvalue weighted by Crippen LogP contribution is 2.08. The molecule has 2 rings (SSSR count). The highest BCUT2D eigenvalue weighted by molar-refractivity contribution is 7.89. The zero-order valence-corrected chi connectivity index (χ0v) is 13.4. The van der Waals surface area contributed by atoms with E-state index in [0.717, 1.165) is 11.1 Å². The van der Waals surface area contributed by atoms with Crippen molar-refractivity contribution >= 4 is 16.1 Å². The molecule has 8 heteroatoms. The summed E-state index contributed by atoms with van der Waals surface area (Å²) in [5.41, 5.74) is 9.02. The molecule has 122 valence electrons. The van der Waals surface area contributed by atoms with Gasteiger partial charge in [0.2, 0.25) is 0 Å². The molecule has 0 bridgehead atoms. The Kier molecular flexibility index (Phi) is 5.69. The number of hydrazine groups is 2. The third kappa shape index (κ3) is 5.37. The number of hydrogen-bond acceptors (Lipinski definition) is 4. The van der Waals surface area contributed by atoms with Crippen molar-refractivity contribution in [2.75, 3.05) is 0 Å². The Balaban J connectivity index is 1.78. The van der Waals surface area contributed by atoms with Crippen molar-refractivity contribution in [3.05, 3.63) is 65.7 Å². The molecule has 0 aliphatic carbocycles. The van der Waals surface area contributed by atoms with Crippen LogP contribution in [0.3, 0.4) is 0 Å². The van der Waals surface area contributed by atoms with Crippen LogP contribution in [0.1, 0.15) is 11.1 Å². The van der Waals surface area contributed by atoms with Gasteiger partial charge in [-0.1, -0.05) is 48.0 Å². The van der Waals surface area contributed by atoms with Crippen LogP contribution in [0.5, 0.6) is 0 Å². The second-order valence-electron chi connectivity index (χ2n) is 4.84. The van der Waals surface area contributed by atoms with Crippen LogP contribution in [0, 0.1) is 6.92 Å². The van der Waals surface area contributed by atoms with Crippen LogP contribution in [0.15, 0.2) is 59.5 Å². The predicted octanol–water partition coefficient (Wildman–Crippen LogP) is 1.19. The van der Waals surface area contributed by atoms with Gasteiger partial charge in [-0.05, 0) is 24.6 Å². The Hall–Kier alpha value is -2.42. The smallest absolute Gasteiger partial charge is 0.272 e. The molecule has 0 spiro atoms. The second kappa shape index (κ2) is 7.73. The lowest BCUT2D eigenvalue weighted by atomic mass is 10.2. The summed E-state index contributed by atoms with van der Waals surface area (Å²) < 4.78 is 23.9. The van der Waals surface area contributed by atoms with Crippen LogP contribution < -0.4 is 21.1 Å². The first-order chi connectivity index (χ1) is 11.0. The maximum Gasteiger partial charge on any atom is 0.344 e. The van der Waals surface area contributed by atoms with Gasteiger partial charge < -0.3 is 0 Å². The average molecular weight is 334 g/mol. The Bertz CT molecular complexity index is 746. The number of sulfonamides is 1. The van der Waals surface area contributed by atoms with E-state index in [4.69, 9.17) is 0 Å². The molecular formula is C15H18N4O3S. The SMILES string of the molecule is Cc1ccc(S(=O)(=O)NNC(=O)NNCc2ccccc2)cc1. The molecular weight excluding hydrogens is 316 g/mol. The number of amides is 2. The summed E-state index contributed by atoms with van der Waals surface area (Å²) in [6.45, 7) is 2.27. The molecule has 23 heavy (non-hydrogen) atoms. The number of nitrogens with one attached hydrogen (secondary N) is 4. The normalized spacial score (nSPS) is 11.0. The molecule has 0 fully saturated rings. The molecule has 0 unspecified atom stereocenters. The van der Waals surface area contributed by atoms with Crippen molar-refractivity contribution in [1.82, 2.24) is 21.1 Å². The quantitative estimate of drug-likeness (QED) is 0.596. The summed E-state index contributed by atoms with van der Waals surface area (Å²) in [7, 11) is -3.80. The molecule has 7 nitrogen and oxygen atoms in total. The van der Waals surface area contributed by atoms with E-state index in [2.05, 4.69) is 16.3 Å². The number of aryl methyl sites for hydroxylation is 1. The van der Waals surface area contributed by atoms with E-state index >= 15 is 0 Å². The standard InChI is InChI=1S/C15H18N4O3S/c1-12-7-9-14(10-8-12)23(21,22)19-18-15(20)17-16-11-13-5-3-2-4-6-13/h2-10,16,19H,11H2,1H3,(H2,17,18,20). The van der Waals surface area contributed by atoms with Crippen molar-refractivity contribution in [3.63, 3.8) is 0 Å². The number of carbonyl (C=O) groups excluding carboxylic acids is 1. The zero-order chi connectivity index (χ0) is 16.7. The highest BCUT2D eigenvalue weighted by Gasteiger charge is 2.14. The van der Waals surface area contributed by atoms with Gasteiger partial charge in [0.05, 0.1) is 4.90 Å². The third-order valence-electron chi connectivity index (χ3n) is 2.97. The molecule has 0 aromatic heterocycles. The van der Waals surface area contributed by atoms with E-state index in [1.807, 2.05) is 42.1 Å². The van der Waals surface area contributed by atoms with Gasteiger partial charge in [0, 0.05) is 6.54 Å². The minimum Gasteiger partial charge on any atom is -0.272 e. The summed E-state index contributed by atoms with van der Waals surface area (Å²) in [5.74, 6) is 0. The van der Waals surface area contributed by atoms with Gasteiger partial charge in [0.1, 0.15) is 0 Å². The second-order valence-corrected chi connectivity index (χ2v) is 6.52. The molecule has 0 heterocycles. The molecule has 4 N–H and O–H groups in total. The van der Waals surface area contributed by atoms with Crippen LogP contribution in [-0.4, -0.2) is 14.4 Å². The van der Waals surface area contributed by atoms with Crippen molar-refractivity contribution in [1.29, 1.82) is 0 Å². The van der Waals surface area contributed by atoms with E-state index in [0.29, 0.717) is 6.54 Å². The number of urea groups is 1. The van der Waals surface area contributed by atoms with Crippen LogP contribution in [0.4, 0.5) is 4.79 Å². The van der Waals surface area contributed by atoms with Gasteiger partial charge in [-0.2, -0.15) is 0 Å². The van der Waals surface area contributed by atoms with E-state index < -0.39 is 16.1 Å². The van der Waals surface area contributed by atoms with E-state index in [1.54, 1.807) is 12.1 Å². The average Bonchev–Trinajstić information content (AvgIpc) is 2.54. The van der Waals surface area contributed by atoms with Gasteiger partial charge in [-0.15, -0.1) is 4.83 Å². The van der Waals surface area contributed by atoms with Gasteiger partial charge >= 0.3 is 6.03 Å². The first-order valence-corrected chi connectivity index (χ1v) is 8.37. The highest BCUT2D eigenvalue weighted by atomic mass is 32.2. The fraction of sp³-hybridized carbons (Fsp3) is 0.133. The van der Waals surface area contributed by atoms with E-state index in [-0.39, 0.29) is 4.90 Å². The van der Waals surface area contributed by atoms with Gasteiger partial charge in [-0.3, -0.25) is 10.9 Å². The predicted molar refractivity (Wildman–Crippen MR) is 86.4 cm³/mol. The van der Waals surface area contributed by atoms with Crippen molar-refractivity contribution < 1.29 is 13.2 Å². The maximum atomic E-state index is 12.0. The summed E-state index contributed by atoms with van der Waals surface area (Å²) in [6, 6.07) is 15.0. The lowest BCUT2D eigenvalue weighted by Gasteiger charge is -2.10. The van der Waals surface area contributed by atoms with E-state index in [9.17, 15) is 13.2 Å². The zero-order valence-electron chi connectivity index (χ0n) is 12.5. The minimum absolute atomic E-state index is 0.0700. The first-order valence-electron chi connectivity index (χ1n) is 6.88. The van der Waals surface area contributed by atoms with Crippen molar-refractivity contribution in [2.24, 2.45) is 0 Å². The fourth-order valence-electron chi connectivity index (χ4n) is 1.74. The lowest BCUT2D eigenvalue weighted by Crippen LogP contribution is -2.50. The minimum atomic E-state index is -3.80. The maximum absolute atomic E-state index is 12.0. The largest absolute Gasteiger partial charge is 0.344 e. The van der Waals surface area contributed by atoms with Crippen LogP contribution in [0.2, 0.25) is 0 Å². The Morgan fingerprint density at radius 3 is 2.26 bits per heavy atom. The molecule has 0 atom stereocenters. The lowest BCUT2D eigenvalue weighted by molar-refractivity contribution is 0.234. The summed E-state index contributed by atoms with van der Waals surface area (Å²) in [5, 5.41) is 0. The monoisotopic (exact) mass is 334 g/mol. The molecule has 2 amide bonds. The number of benzene rings is 2. The number of carbonyl (C=O) groups is 1. The van der Waals surface area contributed by atoms with Gasteiger partial charge in [0.15, 0.2) is 0 Å². The summed E-state index contributed by atoms with van der Waals surface area (Å²) in [6.07, 6.45) is 0.